The molecule has 1 aliphatic rings. The molecule has 1 saturated carbocycles. The number of hydrogen-bond acceptors (Lipinski definition) is 3. The highest BCUT2D eigenvalue weighted by Crippen LogP contribution is 2.26. The lowest BCUT2D eigenvalue weighted by Crippen LogP contribution is -2.38. The Morgan fingerprint density at radius 2 is 2.10 bits per heavy atom. The Bertz CT molecular complexity index is 506. The number of carbonyl (C=O) groups is 1. The molecule has 0 aliphatic heterocycles. The number of rotatable bonds is 4. The monoisotopic (exact) mass is 318 g/mol. The summed E-state index contributed by atoms with van der Waals surface area (Å²) in [5.41, 5.74) is -0.734. The Morgan fingerprint density at radius 1 is 1.43 bits per heavy atom. The Balaban J connectivity index is 2.05. The first-order chi connectivity index (χ1) is 10.0. The number of halogens is 3. The maximum absolute atomic E-state index is 12.9. The fraction of sp³-hybridized carbons (Fsp3) is 0.571. The third kappa shape index (κ3) is 4.11. The number of alkyl halides is 2. The molecule has 1 aromatic heterocycles. The Kier molecular flexibility index (Phi) is 5.47. The normalized spacial score (nSPS) is 22.3. The first kappa shape index (κ1) is 16.1. The Labute approximate surface area is 126 Å². The first-order valence-electron chi connectivity index (χ1n) is 6.86. The summed E-state index contributed by atoms with van der Waals surface area (Å²) in [6.07, 6.45) is 1.37. The molecule has 1 fully saturated rings. The number of nitrogens with one attached hydrogen (secondary N) is 1. The molecule has 0 bridgehead atoms. The largest absolute Gasteiger partial charge is 0.396 e. The predicted molar refractivity (Wildman–Crippen MR) is 74.5 cm³/mol. The zero-order valence-corrected chi connectivity index (χ0v) is 12.1. The fourth-order valence-electron chi connectivity index (χ4n) is 2.56. The minimum Gasteiger partial charge on any atom is -0.396 e. The van der Waals surface area contributed by atoms with Gasteiger partial charge in [0.05, 0.1) is 10.6 Å². The van der Waals surface area contributed by atoms with Gasteiger partial charge in [0.2, 0.25) is 0 Å². The lowest BCUT2D eigenvalue weighted by Gasteiger charge is -2.28. The van der Waals surface area contributed by atoms with E-state index in [4.69, 9.17) is 16.7 Å². The van der Waals surface area contributed by atoms with Crippen LogP contribution in [-0.4, -0.2) is 28.6 Å². The Hall–Kier alpha value is -1.27. The van der Waals surface area contributed by atoms with Crippen LogP contribution in [0.15, 0.2) is 12.3 Å². The Morgan fingerprint density at radius 3 is 2.67 bits per heavy atom. The molecule has 0 atom stereocenters. The predicted octanol–water partition coefficient (Wildman–Crippen LogP) is 2.95. The molecule has 4 nitrogen and oxygen atoms in total. The van der Waals surface area contributed by atoms with Gasteiger partial charge >= 0.3 is 0 Å². The molecular formula is C14H17ClF2N2O2. The highest BCUT2D eigenvalue weighted by atomic mass is 35.5. The fourth-order valence-corrected chi connectivity index (χ4v) is 2.72. The van der Waals surface area contributed by atoms with E-state index in [0.717, 1.165) is 31.9 Å². The summed E-state index contributed by atoms with van der Waals surface area (Å²) in [5.74, 6) is -0.310. The van der Waals surface area contributed by atoms with E-state index in [1.165, 1.54) is 6.07 Å². The summed E-state index contributed by atoms with van der Waals surface area (Å²) in [7, 11) is 0. The summed E-state index contributed by atoms with van der Waals surface area (Å²) < 4.78 is 25.8. The molecule has 0 saturated heterocycles. The van der Waals surface area contributed by atoms with Crippen LogP contribution in [0.2, 0.25) is 5.02 Å². The van der Waals surface area contributed by atoms with Crippen molar-refractivity contribution in [3.63, 3.8) is 0 Å². The summed E-state index contributed by atoms with van der Waals surface area (Å²) in [4.78, 5) is 15.7. The van der Waals surface area contributed by atoms with E-state index in [0.29, 0.717) is 0 Å². The van der Waals surface area contributed by atoms with E-state index in [2.05, 4.69) is 10.3 Å². The number of hydrogen-bond donors (Lipinski definition) is 2. The average molecular weight is 319 g/mol. The van der Waals surface area contributed by atoms with Crippen LogP contribution in [0, 0.1) is 5.92 Å². The first-order valence-corrected chi connectivity index (χ1v) is 7.24. The topological polar surface area (TPSA) is 62.2 Å². The van der Waals surface area contributed by atoms with E-state index in [1.54, 1.807) is 0 Å². The van der Waals surface area contributed by atoms with E-state index in [9.17, 15) is 13.6 Å². The molecule has 21 heavy (non-hydrogen) atoms. The lowest BCUT2D eigenvalue weighted by molar-refractivity contribution is 0.0898. The van der Waals surface area contributed by atoms with Crippen LogP contribution in [0.25, 0.3) is 0 Å². The minimum absolute atomic E-state index is 0.0650. The number of pyridine rings is 1. The molecular weight excluding hydrogens is 302 g/mol. The van der Waals surface area contributed by atoms with Gasteiger partial charge in [0.15, 0.2) is 0 Å². The molecule has 0 aromatic carbocycles. The molecule has 2 N–H and O–H groups in total. The molecule has 2 rings (SSSR count). The van der Waals surface area contributed by atoms with Crippen LogP contribution >= 0.6 is 11.6 Å². The second kappa shape index (κ2) is 7.13. The summed E-state index contributed by atoms with van der Waals surface area (Å²) in [6.45, 7) is 0.147. The van der Waals surface area contributed by atoms with E-state index >= 15 is 0 Å². The van der Waals surface area contributed by atoms with Crippen molar-refractivity contribution in [1.82, 2.24) is 10.3 Å². The molecule has 0 unspecified atom stereocenters. The van der Waals surface area contributed by atoms with Gasteiger partial charge in [-0.15, -0.1) is 0 Å². The van der Waals surface area contributed by atoms with Crippen molar-refractivity contribution in [2.75, 3.05) is 6.61 Å². The van der Waals surface area contributed by atoms with Crippen LogP contribution in [0.1, 0.15) is 48.2 Å². The van der Waals surface area contributed by atoms with Crippen LogP contribution in [0.4, 0.5) is 8.78 Å². The molecule has 0 radical (unpaired) electrons. The van der Waals surface area contributed by atoms with Crippen molar-refractivity contribution in [2.24, 2.45) is 5.92 Å². The second-order valence-corrected chi connectivity index (χ2v) is 5.70. The summed E-state index contributed by atoms with van der Waals surface area (Å²) in [6, 6.07) is 1.15. The quantitative estimate of drug-likeness (QED) is 0.897. The van der Waals surface area contributed by atoms with Gasteiger partial charge in [0.1, 0.15) is 5.69 Å². The number of nitrogens with zero attached hydrogens (tertiary/aromatic N) is 1. The van der Waals surface area contributed by atoms with Crippen molar-refractivity contribution in [2.45, 2.75) is 38.2 Å². The van der Waals surface area contributed by atoms with Gasteiger partial charge in [-0.25, -0.2) is 8.78 Å². The van der Waals surface area contributed by atoms with Crippen molar-refractivity contribution in [1.29, 1.82) is 0 Å². The molecule has 1 aromatic rings. The number of carbonyl (C=O) groups excluding carboxylic acids is 1. The molecule has 7 heteroatoms. The maximum Gasteiger partial charge on any atom is 0.281 e. The van der Waals surface area contributed by atoms with Gasteiger partial charge in [-0.3, -0.25) is 9.78 Å². The SMILES string of the molecule is O=C(NC1CCC(CO)CC1)c1cc(Cl)cnc1C(F)F. The van der Waals surface area contributed by atoms with Crippen LogP contribution in [-0.2, 0) is 0 Å². The second-order valence-electron chi connectivity index (χ2n) is 5.26. The molecule has 1 aliphatic carbocycles. The summed E-state index contributed by atoms with van der Waals surface area (Å²) >= 11 is 5.73. The highest BCUT2D eigenvalue weighted by molar-refractivity contribution is 6.30. The minimum atomic E-state index is -2.83. The molecule has 1 amide bonds. The number of aliphatic hydroxyl groups excluding tert-OH is 1. The van der Waals surface area contributed by atoms with Gasteiger partial charge in [0, 0.05) is 18.8 Å². The third-order valence-corrected chi connectivity index (χ3v) is 3.98. The third-order valence-electron chi connectivity index (χ3n) is 3.78. The van der Waals surface area contributed by atoms with E-state index in [-0.39, 0.29) is 29.2 Å². The lowest BCUT2D eigenvalue weighted by atomic mass is 9.86. The maximum atomic E-state index is 12.9. The smallest absolute Gasteiger partial charge is 0.281 e. The van der Waals surface area contributed by atoms with Gasteiger partial charge in [0.25, 0.3) is 12.3 Å². The van der Waals surface area contributed by atoms with Crippen molar-refractivity contribution in [3.05, 3.63) is 28.5 Å². The highest BCUT2D eigenvalue weighted by Gasteiger charge is 2.25. The van der Waals surface area contributed by atoms with E-state index < -0.39 is 18.0 Å². The molecule has 0 spiro atoms. The average Bonchev–Trinajstić information content (AvgIpc) is 2.47. The number of aromatic nitrogens is 1. The van der Waals surface area contributed by atoms with Crippen LogP contribution in [0.5, 0.6) is 0 Å². The zero-order valence-electron chi connectivity index (χ0n) is 11.4. The van der Waals surface area contributed by atoms with E-state index in [1.807, 2.05) is 0 Å². The van der Waals surface area contributed by atoms with Gasteiger partial charge < -0.3 is 10.4 Å². The van der Waals surface area contributed by atoms with Crippen LogP contribution in [0.3, 0.4) is 0 Å². The summed E-state index contributed by atoms with van der Waals surface area (Å²) in [5, 5.41) is 12.0. The van der Waals surface area contributed by atoms with Crippen molar-refractivity contribution >= 4 is 17.5 Å². The van der Waals surface area contributed by atoms with Crippen LogP contribution < -0.4 is 5.32 Å². The standard InChI is InChI=1S/C14H17ClF2N2O2/c15-9-5-11(12(13(16)17)18-6-9)14(21)19-10-3-1-8(7-20)2-4-10/h5-6,8,10,13,20H,1-4,7H2,(H,19,21). The van der Waals surface area contributed by atoms with Crippen molar-refractivity contribution < 1.29 is 18.7 Å². The van der Waals surface area contributed by atoms with Gasteiger partial charge in [-0.2, -0.15) is 0 Å². The zero-order chi connectivity index (χ0) is 15.4. The van der Waals surface area contributed by atoms with Crippen molar-refractivity contribution in [3.8, 4) is 0 Å². The number of aliphatic hydroxyl groups is 1. The molecule has 116 valence electrons. The van der Waals surface area contributed by atoms with Gasteiger partial charge in [-0.1, -0.05) is 11.6 Å². The molecule has 1 heterocycles. The number of amides is 1. The van der Waals surface area contributed by atoms with Gasteiger partial charge in [-0.05, 0) is 37.7 Å².